The molecule has 0 saturated heterocycles. The van der Waals surface area contributed by atoms with Crippen LogP contribution in [0.15, 0.2) is 48.6 Å². The molecular weight excluding hydrogens is 356 g/mol. The lowest BCUT2D eigenvalue weighted by molar-refractivity contribution is -0.133. The molecule has 0 aliphatic carbocycles. The van der Waals surface area contributed by atoms with Crippen molar-refractivity contribution in [2.45, 2.75) is 58.3 Å². The molecule has 5 nitrogen and oxygen atoms in total. The lowest BCUT2D eigenvalue weighted by atomic mass is 10.0. The Kier molecular flexibility index (Phi) is 11.6. The van der Waals surface area contributed by atoms with Gasteiger partial charge in [-0.25, -0.2) is 9.59 Å². The number of hydrogen-bond donors (Lipinski definition) is 1. The number of ether oxygens (including phenoxy) is 2. The Morgan fingerprint density at radius 3 is 2.07 bits per heavy atom. The summed E-state index contributed by atoms with van der Waals surface area (Å²) in [5.74, 6) is -1.28. The largest absolute Gasteiger partial charge is 0.478 e. The van der Waals surface area contributed by atoms with Crippen molar-refractivity contribution >= 4 is 11.9 Å². The fourth-order valence-corrected chi connectivity index (χ4v) is 2.61. The van der Waals surface area contributed by atoms with Crippen LogP contribution in [0, 0.1) is 0 Å². The van der Waals surface area contributed by atoms with Crippen LogP contribution in [0.3, 0.4) is 0 Å². The minimum absolute atomic E-state index is 0.0854. The van der Waals surface area contributed by atoms with E-state index in [9.17, 15) is 9.59 Å². The number of carboxylic acid groups (broad SMARTS) is 1. The molecule has 0 aromatic heterocycles. The average molecular weight is 389 g/mol. The van der Waals surface area contributed by atoms with E-state index < -0.39 is 11.9 Å². The van der Waals surface area contributed by atoms with Crippen molar-refractivity contribution in [1.82, 2.24) is 0 Å². The van der Waals surface area contributed by atoms with Gasteiger partial charge in [-0.2, -0.15) is 0 Å². The predicted octanol–water partition coefficient (Wildman–Crippen LogP) is 5.10. The van der Waals surface area contributed by atoms with Gasteiger partial charge in [-0.15, -0.1) is 0 Å². The van der Waals surface area contributed by atoms with Crippen LogP contribution < -0.4 is 4.74 Å². The van der Waals surface area contributed by atoms with Gasteiger partial charge in [-0.1, -0.05) is 70.7 Å². The summed E-state index contributed by atoms with van der Waals surface area (Å²) < 4.78 is 10.4. The number of carbonyl (C=O) groups excluding carboxylic acids is 1. The van der Waals surface area contributed by atoms with Crippen LogP contribution in [-0.4, -0.2) is 30.3 Å². The zero-order valence-corrected chi connectivity index (χ0v) is 16.9. The van der Waals surface area contributed by atoms with E-state index in [4.69, 9.17) is 14.6 Å². The predicted molar refractivity (Wildman–Crippen MR) is 111 cm³/mol. The highest BCUT2D eigenvalue weighted by Gasteiger charge is 2.11. The van der Waals surface area contributed by atoms with Crippen LogP contribution in [0.5, 0.6) is 5.75 Å². The van der Waals surface area contributed by atoms with Crippen molar-refractivity contribution in [3.8, 4) is 5.75 Å². The summed E-state index contributed by atoms with van der Waals surface area (Å²) in [5.41, 5.74) is 1.26. The van der Waals surface area contributed by atoms with Gasteiger partial charge in [0.25, 0.3) is 0 Å². The number of carbonyl (C=O) groups is 2. The van der Waals surface area contributed by atoms with E-state index in [0.717, 1.165) is 6.42 Å². The third-order valence-electron chi connectivity index (χ3n) is 4.35. The number of aliphatic carboxylic acids is 1. The Morgan fingerprint density at radius 2 is 1.46 bits per heavy atom. The molecule has 0 atom stereocenters. The third-order valence-corrected chi connectivity index (χ3v) is 4.35. The van der Waals surface area contributed by atoms with Gasteiger partial charge in [0.05, 0.1) is 24.4 Å². The zero-order chi connectivity index (χ0) is 20.8. The molecule has 0 aliphatic heterocycles. The maximum Gasteiger partial charge on any atom is 0.341 e. The smallest absolute Gasteiger partial charge is 0.341 e. The highest BCUT2D eigenvalue weighted by molar-refractivity contribution is 5.89. The summed E-state index contributed by atoms with van der Waals surface area (Å²) in [4.78, 5) is 22.6. The molecule has 0 radical (unpaired) electrons. The van der Waals surface area contributed by atoms with Gasteiger partial charge >= 0.3 is 11.9 Å². The second-order valence-electron chi connectivity index (χ2n) is 6.91. The average Bonchev–Trinajstić information content (AvgIpc) is 2.68. The second kappa shape index (κ2) is 13.7. The Hall–Kier alpha value is -2.40. The fraction of sp³-hybridized carbons (Fsp3) is 0.478. The van der Waals surface area contributed by atoms with Gasteiger partial charge in [0.2, 0.25) is 0 Å². The molecule has 1 aromatic rings. The molecule has 5 heteroatoms. The third kappa shape index (κ3) is 10.1. The molecule has 0 fully saturated rings. The van der Waals surface area contributed by atoms with Crippen LogP contribution in [0.25, 0.3) is 0 Å². The van der Waals surface area contributed by atoms with Crippen LogP contribution >= 0.6 is 0 Å². The molecule has 0 amide bonds. The fourth-order valence-electron chi connectivity index (χ4n) is 2.61. The molecule has 1 rings (SSSR count). The molecule has 0 unspecified atom stereocenters. The molecule has 0 heterocycles. The molecular formula is C23H32O5. The SMILES string of the molecule is C=C(COCC(=C)C(=O)Oc1ccc(CCCCCCCCC)cc1)C(=O)O. The maximum absolute atomic E-state index is 12.0. The highest BCUT2D eigenvalue weighted by atomic mass is 16.5. The number of unbranched alkanes of at least 4 members (excludes halogenated alkanes) is 6. The lowest BCUT2D eigenvalue weighted by Crippen LogP contribution is -2.16. The first-order valence-corrected chi connectivity index (χ1v) is 9.91. The Bertz CT molecular complexity index is 645. The molecule has 1 aromatic carbocycles. The lowest BCUT2D eigenvalue weighted by Gasteiger charge is -2.08. The Morgan fingerprint density at radius 1 is 0.893 bits per heavy atom. The van der Waals surface area contributed by atoms with Gasteiger partial charge in [-0.05, 0) is 30.5 Å². The number of aryl methyl sites for hydroxylation is 1. The van der Waals surface area contributed by atoms with Crippen molar-refractivity contribution in [2.24, 2.45) is 0 Å². The van der Waals surface area contributed by atoms with Crippen LogP contribution in [-0.2, 0) is 20.7 Å². The summed E-state index contributed by atoms with van der Waals surface area (Å²) in [6, 6.07) is 7.48. The first kappa shape index (κ1) is 23.6. The van der Waals surface area contributed by atoms with E-state index in [0.29, 0.717) is 5.75 Å². The van der Waals surface area contributed by atoms with E-state index in [-0.39, 0.29) is 24.4 Å². The molecule has 28 heavy (non-hydrogen) atoms. The van der Waals surface area contributed by atoms with E-state index in [1.807, 2.05) is 12.1 Å². The van der Waals surface area contributed by atoms with Crippen molar-refractivity contribution in [3.63, 3.8) is 0 Å². The number of carboxylic acids is 1. The van der Waals surface area contributed by atoms with Gasteiger partial charge in [0.15, 0.2) is 0 Å². The summed E-state index contributed by atoms with van der Waals surface area (Å²) in [5, 5.41) is 8.69. The van der Waals surface area contributed by atoms with Gasteiger partial charge in [0.1, 0.15) is 5.75 Å². The summed E-state index contributed by atoms with van der Waals surface area (Å²) in [6.45, 7) is 8.90. The van der Waals surface area contributed by atoms with Crippen molar-refractivity contribution in [3.05, 3.63) is 54.1 Å². The maximum atomic E-state index is 12.0. The second-order valence-corrected chi connectivity index (χ2v) is 6.91. The van der Waals surface area contributed by atoms with Crippen LogP contribution in [0.4, 0.5) is 0 Å². The standard InChI is InChI=1S/C23H32O5/c1-4-5-6-7-8-9-10-11-20-12-14-21(15-13-20)28-23(26)19(3)17-27-16-18(2)22(24)25/h12-15H,2-11,16-17H2,1H3,(H,24,25). The van der Waals surface area contributed by atoms with Crippen molar-refractivity contribution < 1.29 is 24.2 Å². The summed E-state index contributed by atoms with van der Waals surface area (Å²) >= 11 is 0. The number of rotatable bonds is 15. The zero-order valence-electron chi connectivity index (χ0n) is 16.9. The monoisotopic (exact) mass is 388 g/mol. The normalized spacial score (nSPS) is 10.5. The molecule has 0 bridgehead atoms. The van der Waals surface area contributed by atoms with Crippen molar-refractivity contribution in [1.29, 1.82) is 0 Å². The minimum atomic E-state index is -1.13. The Balaban J connectivity index is 2.27. The number of esters is 1. The quantitative estimate of drug-likeness (QED) is 0.196. The first-order chi connectivity index (χ1) is 13.4. The first-order valence-electron chi connectivity index (χ1n) is 9.91. The molecule has 1 N–H and O–H groups in total. The van der Waals surface area contributed by atoms with Crippen LogP contribution in [0.2, 0.25) is 0 Å². The molecule has 0 aliphatic rings. The van der Waals surface area contributed by atoms with E-state index in [2.05, 4.69) is 20.1 Å². The van der Waals surface area contributed by atoms with Gasteiger partial charge < -0.3 is 14.6 Å². The van der Waals surface area contributed by atoms with Crippen LogP contribution in [0.1, 0.15) is 57.4 Å². The van der Waals surface area contributed by atoms with E-state index in [1.165, 1.54) is 50.5 Å². The summed E-state index contributed by atoms with van der Waals surface area (Å²) in [7, 11) is 0. The number of hydrogen-bond acceptors (Lipinski definition) is 4. The highest BCUT2D eigenvalue weighted by Crippen LogP contribution is 2.16. The molecule has 154 valence electrons. The van der Waals surface area contributed by atoms with Crippen molar-refractivity contribution in [2.75, 3.05) is 13.2 Å². The van der Waals surface area contributed by atoms with E-state index in [1.54, 1.807) is 12.1 Å². The minimum Gasteiger partial charge on any atom is -0.478 e. The molecule has 0 saturated carbocycles. The van der Waals surface area contributed by atoms with Gasteiger partial charge in [0, 0.05) is 0 Å². The number of benzene rings is 1. The molecule has 0 spiro atoms. The Labute approximate surface area is 168 Å². The van der Waals surface area contributed by atoms with Gasteiger partial charge in [-0.3, -0.25) is 0 Å². The van der Waals surface area contributed by atoms with E-state index >= 15 is 0 Å². The summed E-state index contributed by atoms with van der Waals surface area (Å²) in [6.07, 6.45) is 9.99. The topological polar surface area (TPSA) is 72.8 Å².